The monoisotopic (exact) mass is 381 g/mol. The Kier molecular flexibility index (Phi) is 4.57. The second-order valence-corrected chi connectivity index (χ2v) is 5.84. The molecule has 0 amide bonds. The lowest BCUT2D eigenvalue weighted by molar-refractivity contribution is -0.136. The fourth-order valence-electron chi connectivity index (χ4n) is 2.79. The molecular formula is C17H14F3N3O2S. The second-order valence-electron chi connectivity index (χ2n) is 5.46. The highest BCUT2D eigenvalue weighted by Gasteiger charge is 2.35. The number of fused-ring (bicyclic) bond motifs is 1. The Morgan fingerprint density at radius 3 is 2.62 bits per heavy atom. The Morgan fingerprint density at radius 2 is 2.00 bits per heavy atom. The van der Waals surface area contributed by atoms with Crippen molar-refractivity contribution in [2.24, 2.45) is 0 Å². The van der Waals surface area contributed by atoms with Crippen molar-refractivity contribution in [1.82, 2.24) is 14.5 Å². The molecule has 26 heavy (non-hydrogen) atoms. The number of alkyl halides is 3. The van der Waals surface area contributed by atoms with E-state index in [4.69, 9.17) is 17.0 Å². The van der Waals surface area contributed by atoms with E-state index in [9.17, 15) is 18.0 Å². The summed E-state index contributed by atoms with van der Waals surface area (Å²) in [5, 5.41) is -0.536. The standard InChI is InChI=1S/C17H14F3N3O2S/c1-3-23-14-13(15(24)22-16(23)26)10(17(18,19)20)8-11(21-14)9-6-4-5-7-12(9)25-2/h4-8H,3H2,1-2H3,(H,22,24,26). The topological polar surface area (TPSA) is 59.9 Å². The number of aromatic amines is 1. The van der Waals surface area contributed by atoms with Gasteiger partial charge in [-0.25, -0.2) is 4.98 Å². The molecule has 9 heteroatoms. The van der Waals surface area contributed by atoms with Crippen molar-refractivity contribution < 1.29 is 17.9 Å². The summed E-state index contributed by atoms with van der Waals surface area (Å²) in [5.41, 5.74) is -1.67. The first-order valence-corrected chi connectivity index (χ1v) is 8.07. The number of methoxy groups -OCH3 is 1. The molecule has 136 valence electrons. The zero-order chi connectivity index (χ0) is 19.1. The molecule has 0 atom stereocenters. The number of nitrogens with one attached hydrogen (secondary N) is 1. The maximum atomic E-state index is 13.7. The van der Waals surface area contributed by atoms with Crippen LogP contribution >= 0.6 is 12.2 Å². The van der Waals surface area contributed by atoms with Crippen molar-refractivity contribution in [2.75, 3.05) is 7.11 Å². The number of aromatic nitrogens is 3. The third kappa shape index (κ3) is 2.98. The molecular weight excluding hydrogens is 367 g/mol. The van der Waals surface area contributed by atoms with E-state index in [1.54, 1.807) is 31.2 Å². The minimum absolute atomic E-state index is 0.0165. The second kappa shape index (κ2) is 6.56. The van der Waals surface area contributed by atoms with Crippen LogP contribution in [0.5, 0.6) is 5.75 Å². The molecule has 1 N–H and O–H groups in total. The van der Waals surface area contributed by atoms with Crippen molar-refractivity contribution in [3.63, 3.8) is 0 Å². The number of H-pyrrole nitrogens is 1. The minimum Gasteiger partial charge on any atom is -0.496 e. The first-order chi connectivity index (χ1) is 12.3. The van der Waals surface area contributed by atoms with E-state index in [1.165, 1.54) is 11.7 Å². The quantitative estimate of drug-likeness (QED) is 0.692. The number of pyridine rings is 1. The first-order valence-electron chi connectivity index (χ1n) is 7.66. The third-order valence-corrected chi connectivity index (χ3v) is 4.28. The molecule has 1 aromatic carbocycles. The van der Waals surface area contributed by atoms with Gasteiger partial charge < -0.3 is 9.30 Å². The lowest BCUT2D eigenvalue weighted by atomic mass is 10.1. The molecule has 3 aromatic rings. The van der Waals surface area contributed by atoms with Gasteiger partial charge in [0.15, 0.2) is 4.77 Å². The number of aryl methyl sites for hydroxylation is 1. The average Bonchev–Trinajstić information content (AvgIpc) is 2.60. The summed E-state index contributed by atoms with van der Waals surface area (Å²) in [6.07, 6.45) is -4.74. The zero-order valence-corrected chi connectivity index (χ0v) is 14.7. The van der Waals surface area contributed by atoms with E-state index in [0.29, 0.717) is 11.3 Å². The molecule has 2 aromatic heterocycles. The molecule has 3 rings (SSSR count). The molecule has 0 bridgehead atoms. The summed E-state index contributed by atoms with van der Waals surface area (Å²) in [6, 6.07) is 7.45. The van der Waals surface area contributed by atoms with Crippen LogP contribution in [-0.4, -0.2) is 21.6 Å². The average molecular weight is 381 g/mol. The van der Waals surface area contributed by atoms with Crippen molar-refractivity contribution in [3.05, 3.63) is 51.0 Å². The van der Waals surface area contributed by atoms with Crippen LogP contribution in [0.3, 0.4) is 0 Å². The number of halogens is 3. The van der Waals surface area contributed by atoms with Crippen LogP contribution in [0.4, 0.5) is 13.2 Å². The van der Waals surface area contributed by atoms with Crippen molar-refractivity contribution in [3.8, 4) is 17.0 Å². The molecule has 0 radical (unpaired) electrons. The Balaban J connectivity index is 2.52. The van der Waals surface area contributed by atoms with Gasteiger partial charge in [0.1, 0.15) is 11.4 Å². The molecule has 0 saturated heterocycles. The number of hydrogen-bond acceptors (Lipinski definition) is 4. The molecule has 0 aliphatic carbocycles. The maximum Gasteiger partial charge on any atom is 0.417 e. The van der Waals surface area contributed by atoms with E-state index in [0.717, 1.165) is 6.07 Å². The van der Waals surface area contributed by atoms with Crippen LogP contribution in [0, 0.1) is 4.77 Å². The Morgan fingerprint density at radius 1 is 1.31 bits per heavy atom. The third-order valence-electron chi connectivity index (χ3n) is 3.95. The van der Waals surface area contributed by atoms with Crippen LogP contribution in [-0.2, 0) is 12.7 Å². The highest BCUT2D eigenvalue weighted by Crippen LogP contribution is 2.37. The first kappa shape index (κ1) is 18.1. The zero-order valence-electron chi connectivity index (χ0n) is 13.8. The predicted octanol–water partition coefficient (Wildman–Crippen LogP) is 4.17. The van der Waals surface area contributed by atoms with E-state index >= 15 is 0 Å². The summed E-state index contributed by atoms with van der Waals surface area (Å²) in [4.78, 5) is 18.8. The summed E-state index contributed by atoms with van der Waals surface area (Å²) < 4.78 is 47.6. The van der Waals surface area contributed by atoms with E-state index in [1.807, 2.05) is 0 Å². The van der Waals surface area contributed by atoms with E-state index in [2.05, 4.69) is 9.97 Å². The van der Waals surface area contributed by atoms with Gasteiger partial charge >= 0.3 is 6.18 Å². The summed E-state index contributed by atoms with van der Waals surface area (Å²) in [5.74, 6) is 0.374. The van der Waals surface area contributed by atoms with E-state index in [-0.39, 0.29) is 22.7 Å². The van der Waals surface area contributed by atoms with Gasteiger partial charge in [0.05, 0.1) is 23.8 Å². The lowest BCUT2D eigenvalue weighted by Gasteiger charge is -2.16. The molecule has 2 heterocycles. The van der Waals surface area contributed by atoms with Crippen LogP contribution in [0.1, 0.15) is 12.5 Å². The van der Waals surface area contributed by atoms with Gasteiger partial charge in [0.25, 0.3) is 5.56 Å². The van der Waals surface area contributed by atoms with E-state index < -0.39 is 22.7 Å². The minimum atomic E-state index is -4.74. The molecule has 5 nitrogen and oxygen atoms in total. The molecule has 0 aliphatic rings. The van der Waals surface area contributed by atoms with Crippen LogP contribution in [0.15, 0.2) is 35.1 Å². The normalized spacial score (nSPS) is 11.7. The highest BCUT2D eigenvalue weighted by molar-refractivity contribution is 7.71. The summed E-state index contributed by atoms with van der Waals surface area (Å²) >= 11 is 5.07. The number of ether oxygens (including phenoxy) is 1. The number of benzene rings is 1. The maximum absolute atomic E-state index is 13.7. The smallest absolute Gasteiger partial charge is 0.417 e. The van der Waals surface area contributed by atoms with Crippen LogP contribution < -0.4 is 10.3 Å². The molecule has 0 unspecified atom stereocenters. The highest BCUT2D eigenvalue weighted by atomic mass is 32.1. The fraction of sp³-hybridized carbons (Fsp3) is 0.235. The summed E-state index contributed by atoms with van der Waals surface area (Å²) in [7, 11) is 1.42. The number of hydrogen-bond donors (Lipinski definition) is 1. The molecule has 0 spiro atoms. The largest absolute Gasteiger partial charge is 0.496 e. The van der Waals surface area contributed by atoms with Gasteiger partial charge in [0.2, 0.25) is 0 Å². The molecule has 0 aliphatic heterocycles. The fourth-order valence-corrected chi connectivity index (χ4v) is 3.09. The Bertz CT molecular complexity index is 1100. The Hall–Kier alpha value is -2.68. The van der Waals surface area contributed by atoms with Gasteiger partial charge in [0, 0.05) is 12.1 Å². The number of para-hydroxylation sites is 1. The Labute approximate surface area is 151 Å². The lowest BCUT2D eigenvalue weighted by Crippen LogP contribution is -2.20. The molecule has 0 saturated carbocycles. The van der Waals surface area contributed by atoms with Crippen molar-refractivity contribution in [1.29, 1.82) is 0 Å². The van der Waals surface area contributed by atoms with Crippen LogP contribution in [0.25, 0.3) is 22.3 Å². The predicted molar refractivity (Wildman–Crippen MR) is 93.9 cm³/mol. The van der Waals surface area contributed by atoms with Gasteiger partial charge in [-0.3, -0.25) is 9.78 Å². The summed E-state index contributed by atoms with van der Waals surface area (Å²) in [6.45, 7) is 1.96. The van der Waals surface area contributed by atoms with Gasteiger partial charge in [-0.1, -0.05) is 12.1 Å². The van der Waals surface area contributed by atoms with Crippen molar-refractivity contribution in [2.45, 2.75) is 19.6 Å². The van der Waals surface area contributed by atoms with Gasteiger partial charge in [-0.05, 0) is 37.3 Å². The SMILES string of the molecule is CCn1c(=S)[nH]c(=O)c2c(C(F)(F)F)cc(-c3ccccc3OC)nc21. The van der Waals surface area contributed by atoms with Gasteiger partial charge in [-0.2, -0.15) is 13.2 Å². The number of rotatable bonds is 3. The molecule has 0 fully saturated rings. The van der Waals surface area contributed by atoms with Gasteiger partial charge in [-0.15, -0.1) is 0 Å². The van der Waals surface area contributed by atoms with Crippen molar-refractivity contribution >= 4 is 23.3 Å². The number of nitrogens with zero attached hydrogens (tertiary/aromatic N) is 2. The van der Waals surface area contributed by atoms with Crippen LogP contribution in [0.2, 0.25) is 0 Å².